The largest absolute Gasteiger partial charge is 0.308 e. The number of nitrogens with one attached hydrogen (secondary N) is 1. The third-order valence-electron chi connectivity index (χ3n) is 3.41. The highest BCUT2D eigenvalue weighted by atomic mass is 15.4. The fraction of sp³-hybridized carbons (Fsp3) is 0.467. The Hall–Kier alpha value is -1.68. The highest BCUT2D eigenvalue weighted by Crippen LogP contribution is 2.31. The summed E-state index contributed by atoms with van der Waals surface area (Å²) in [7, 11) is 3.89. The number of benzene rings is 1. The summed E-state index contributed by atoms with van der Waals surface area (Å²) >= 11 is 0. The highest BCUT2D eigenvalue weighted by molar-refractivity contribution is 5.38. The zero-order valence-corrected chi connectivity index (χ0v) is 12.3. The second-order valence-electron chi connectivity index (χ2n) is 5.84. The van der Waals surface area contributed by atoms with Crippen molar-refractivity contribution in [2.45, 2.75) is 32.2 Å². The fourth-order valence-corrected chi connectivity index (χ4v) is 2.45. The van der Waals surface area contributed by atoms with Gasteiger partial charge in [-0.2, -0.15) is 0 Å². The number of hydrogen-bond donors (Lipinski definition) is 1. The summed E-state index contributed by atoms with van der Waals surface area (Å²) in [5.74, 6) is 0. The van der Waals surface area contributed by atoms with E-state index in [-0.39, 0.29) is 11.5 Å². The average molecular weight is 258 g/mol. The topological polar surface area (TPSA) is 42.7 Å². The highest BCUT2D eigenvalue weighted by Gasteiger charge is 2.24. The molecule has 1 N–H and O–H groups in total. The van der Waals surface area contributed by atoms with Crippen molar-refractivity contribution in [3.05, 3.63) is 47.3 Å². The molecule has 0 aliphatic carbocycles. The second-order valence-corrected chi connectivity index (χ2v) is 5.84. The molecule has 0 aliphatic heterocycles. The summed E-state index contributed by atoms with van der Waals surface area (Å²) in [6, 6.07) is 8.66. The van der Waals surface area contributed by atoms with Crippen molar-refractivity contribution in [2.24, 2.45) is 7.05 Å². The van der Waals surface area contributed by atoms with Gasteiger partial charge >= 0.3 is 0 Å². The zero-order valence-electron chi connectivity index (χ0n) is 12.3. The van der Waals surface area contributed by atoms with Gasteiger partial charge < -0.3 is 5.32 Å². The van der Waals surface area contributed by atoms with Crippen LogP contribution < -0.4 is 5.32 Å². The quantitative estimate of drug-likeness (QED) is 0.919. The first-order valence-corrected chi connectivity index (χ1v) is 6.56. The van der Waals surface area contributed by atoms with Crippen molar-refractivity contribution in [3.63, 3.8) is 0 Å². The molecule has 0 aliphatic rings. The summed E-state index contributed by atoms with van der Waals surface area (Å²) in [5.41, 5.74) is 3.80. The zero-order chi connectivity index (χ0) is 14.0. The van der Waals surface area contributed by atoms with Crippen LogP contribution in [0.15, 0.2) is 30.5 Å². The maximum Gasteiger partial charge on any atom is 0.0798 e. The van der Waals surface area contributed by atoms with Gasteiger partial charge in [-0.3, -0.25) is 4.68 Å². The van der Waals surface area contributed by atoms with Crippen LogP contribution in [0.4, 0.5) is 0 Å². The first-order valence-electron chi connectivity index (χ1n) is 6.56. The first kappa shape index (κ1) is 13.7. The lowest BCUT2D eigenvalue weighted by molar-refractivity contribution is 0.550. The fourth-order valence-electron chi connectivity index (χ4n) is 2.45. The van der Waals surface area contributed by atoms with Gasteiger partial charge in [0.05, 0.1) is 17.9 Å². The molecule has 0 amide bonds. The molecule has 1 heterocycles. The average Bonchev–Trinajstić information content (AvgIpc) is 2.76. The number of rotatable bonds is 3. The molecule has 1 aromatic heterocycles. The molecule has 0 radical (unpaired) electrons. The molecule has 4 heteroatoms. The Labute approximate surface area is 114 Å². The van der Waals surface area contributed by atoms with Crippen molar-refractivity contribution in [1.29, 1.82) is 0 Å². The van der Waals surface area contributed by atoms with Gasteiger partial charge in [-0.1, -0.05) is 50.3 Å². The lowest BCUT2D eigenvalue weighted by Gasteiger charge is -2.27. The molecule has 0 saturated heterocycles. The van der Waals surface area contributed by atoms with Gasteiger partial charge in [-0.05, 0) is 23.6 Å². The van der Waals surface area contributed by atoms with Crippen molar-refractivity contribution in [1.82, 2.24) is 20.3 Å². The van der Waals surface area contributed by atoms with Crippen molar-refractivity contribution >= 4 is 0 Å². The Kier molecular flexibility index (Phi) is 3.71. The lowest BCUT2D eigenvalue weighted by Crippen LogP contribution is -2.25. The van der Waals surface area contributed by atoms with E-state index in [0.29, 0.717) is 0 Å². The van der Waals surface area contributed by atoms with Crippen LogP contribution in [0.25, 0.3) is 0 Å². The molecule has 102 valence electrons. The van der Waals surface area contributed by atoms with Gasteiger partial charge in [0.2, 0.25) is 0 Å². The van der Waals surface area contributed by atoms with Gasteiger partial charge in [0, 0.05) is 7.05 Å². The molecule has 0 spiro atoms. The summed E-state index contributed by atoms with van der Waals surface area (Å²) in [6.45, 7) is 6.71. The predicted octanol–water partition coefficient (Wildman–Crippen LogP) is 2.42. The molecule has 2 aromatic rings. The summed E-state index contributed by atoms with van der Waals surface area (Å²) in [5, 5.41) is 11.4. The molecule has 1 aromatic carbocycles. The van der Waals surface area contributed by atoms with E-state index in [2.05, 4.69) is 60.7 Å². The first-order chi connectivity index (χ1) is 8.95. The summed E-state index contributed by atoms with van der Waals surface area (Å²) in [4.78, 5) is 0. The van der Waals surface area contributed by atoms with Crippen molar-refractivity contribution in [3.8, 4) is 0 Å². The third kappa shape index (κ3) is 2.68. The van der Waals surface area contributed by atoms with E-state index in [9.17, 15) is 0 Å². The van der Waals surface area contributed by atoms with Crippen LogP contribution in [0.1, 0.15) is 43.6 Å². The monoisotopic (exact) mass is 258 g/mol. The van der Waals surface area contributed by atoms with Crippen LogP contribution in [-0.4, -0.2) is 22.0 Å². The van der Waals surface area contributed by atoms with Gasteiger partial charge in [-0.15, -0.1) is 5.10 Å². The molecule has 1 atom stereocenters. The van der Waals surface area contributed by atoms with Gasteiger partial charge in [-0.25, -0.2) is 0 Å². The minimum atomic E-state index is 0.107. The van der Waals surface area contributed by atoms with Crippen LogP contribution in [0.2, 0.25) is 0 Å². The normalized spacial score (nSPS) is 13.5. The Morgan fingerprint density at radius 2 is 1.89 bits per heavy atom. The van der Waals surface area contributed by atoms with Crippen LogP contribution in [-0.2, 0) is 12.5 Å². The SMILES string of the molecule is CNC(c1ccccc1C(C)(C)C)c1cnnn1C. The van der Waals surface area contributed by atoms with Crippen LogP contribution >= 0.6 is 0 Å². The smallest absolute Gasteiger partial charge is 0.0798 e. The maximum atomic E-state index is 4.03. The van der Waals surface area contributed by atoms with Crippen LogP contribution in [0.3, 0.4) is 0 Å². The maximum absolute atomic E-state index is 4.03. The van der Waals surface area contributed by atoms with Crippen molar-refractivity contribution < 1.29 is 0 Å². The molecular formula is C15H22N4. The molecule has 0 bridgehead atoms. The van der Waals surface area contributed by atoms with E-state index in [4.69, 9.17) is 0 Å². The van der Waals surface area contributed by atoms with E-state index in [1.54, 1.807) is 0 Å². The Morgan fingerprint density at radius 3 is 2.42 bits per heavy atom. The molecule has 0 saturated carbocycles. The van der Waals surface area contributed by atoms with E-state index < -0.39 is 0 Å². The molecule has 2 rings (SSSR count). The minimum Gasteiger partial charge on any atom is -0.308 e. The number of hydrogen-bond acceptors (Lipinski definition) is 3. The molecule has 0 fully saturated rings. The second kappa shape index (κ2) is 5.13. The van der Waals surface area contributed by atoms with Crippen LogP contribution in [0.5, 0.6) is 0 Å². The molecule has 19 heavy (non-hydrogen) atoms. The van der Waals surface area contributed by atoms with E-state index in [0.717, 1.165) is 5.69 Å². The lowest BCUT2D eigenvalue weighted by atomic mass is 9.81. The third-order valence-corrected chi connectivity index (χ3v) is 3.41. The minimum absolute atomic E-state index is 0.107. The molecule has 1 unspecified atom stereocenters. The summed E-state index contributed by atoms with van der Waals surface area (Å²) in [6.07, 6.45) is 1.82. The predicted molar refractivity (Wildman–Crippen MR) is 77.0 cm³/mol. The van der Waals surface area contributed by atoms with Crippen LogP contribution in [0, 0.1) is 0 Å². The Bertz CT molecular complexity index is 551. The van der Waals surface area contributed by atoms with E-state index in [1.165, 1.54) is 11.1 Å². The number of aryl methyl sites for hydroxylation is 1. The Morgan fingerprint density at radius 1 is 1.21 bits per heavy atom. The van der Waals surface area contributed by atoms with Gasteiger partial charge in [0.15, 0.2) is 0 Å². The number of aromatic nitrogens is 3. The van der Waals surface area contributed by atoms with Gasteiger partial charge in [0.25, 0.3) is 0 Å². The van der Waals surface area contributed by atoms with Gasteiger partial charge in [0.1, 0.15) is 0 Å². The summed E-state index contributed by atoms with van der Waals surface area (Å²) < 4.78 is 1.82. The standard InChI is InChI=1S/C15H22N4/c1-15(2,3)12-9-7-6-8-11(12)14(16-4)13-10-17-18-19(13)5/h6-10,14,16H,1-5H3. The van der Waals surface area contributed by atoms with E-state index in [1.807, 2.05) is 25.0 Å². The molecular weight excluding hydrogens is 236 g/mol. The molecule has 4 nitrogen and oxygen atoms in total. The Balaban J connectivity index is 2.54. The number of nitrogens with zero attached hydrogens (tertiary/aromatic N) is 3. The van der Waals surface area contributed by atoms with Crippen molar-refractivity contribution in [2.75, 3.05) is 7.05 Å². The van der Waals surface area contributed by atoms with E-state index >= 15 is 0 Å².